The summed E-state index contributed by atoms with van der Waals surface area (Å²) in [5.74, 6) is 0.681. The predicted octanol–water partition coefficient (Wildman–Crippen LogP) is 3.87. The average molecular weight is 463 g/mol. The van der Waals surface area contributed by atoms with Crippen LogP contribution in [0.3, 0.4) is 0 Å². The van der Waals surface area contributed by atoms with E-state index in [0.717, 1.165) is 57.3 Å². The summed E-state index contributed by atoms with van der Waals surface area (Å²) >= 11 is 3.62. The minimum absolute atomic E-state index is 0.0576. The Labute approximate surface area is 173 Å². The highest BCUT2D eigenvalue weighted by molar-refractivity contribution is 9.09. The minimum Gasteiger partial charge on any atom is -0.353 e. The van der Waals surface area contributed by atoms with E-state index in [0.29, 0.717) is 17.7 Å². The van der Waals surface area contributed by atoms with E-state index in [1.54, 1.807) is 0 Å². The van der Waals surface area contributed by atoms with Gasteiger partial charge in [-0.1, -0.05) is 29.3 Å². The predicted molar refractivity (Wildman–Crippen MR) is 112 cm³/mol. The summed E-state index contributed by atoms with van der Waals surface area (Å²) in [6, 6.07) is 0.338. The molecule has 2 unspecified atom stereocenters. The quantitative estimate of drug-likeness (QED) is 0.608. The van der Waals surface area contributed by atoms with Crippen molar-refractivity contribution in [3.63, 3.8) is 0 Å². The molecule has 2 N–H and O–H groups in total. The molecule has 2 atom stereocenters. The number of alkyl halides is 1. The van der Waals surface area contributed by atoms with Gasteiger partial charge in [-0.25, -0.2) is 13.1 Å². The van der Waals surface area contributed by atoms with Crippen LogP contribution in [0.5, 0.6) is 0 Å². The van der Waals surface area contributed by atoms with Gasteiger partial charge in [0.2, 0.25) is 15.9 Å². The molecule has 0 heterocycles. The lowest BCUT2D eigenvalue weighted by Gasteiger charge is -2.33. The lowest BCUT2D eigenvalue weighted by molar-refractivity contribution is -0.126. The van der Waals surface area contributed by atoms with Crippen molar-refractivity contribution in [2.24, 2.45) is 11.8 Å². The Bertz CT molecular complexity index is 596. The molecular formula is C20H35BrN2O3S. The molecule has 156 valence electrons. The van der Waals surface area contributed by atoms with Crippen molar-refractivity contribution in [3.05, 3.63) is 0 Å². The van der Waals surface area contributed by atoms with Crippen LogP contribution in [0.2, 0.25) is 0 Å². The maximum atomic E-state index is 12.9. The molecule has 0 saturated heterocycles. The average Bonchev–Trinajstić information content (AvgIpc) is 2.65. The first kappa shape index (κ1) is 21.6. The fourth-order valence-corrected chi connectivity index (χ4v) is 7.27. The van der Waals surface area contributed by atoms with E-state index in [2.05, 4.69) is 32.9 Å². The van der Waals surface area contributed by atoms with Crippen LogP contribution in [0.25, 0.3) is 0 Å². The zero-order valence-corrected chi connectivity index (χ0v) is 18.9. The lowest BCUT2D eigenvalue weighted by Crippen LogP contribution is -2.47. The molecule has 1 amide bonds. The molecule has 0 aromatic carbocycles. The van der Waals surface area contributed by atoms with Gasteiger partial charge in [0.05, 0.1) is 5.25 Å². The minimum atomic E-state index is -3.35. The monoisotopic (exact) mass is 462 g/mol. The SMILES string of the molecule is CC1CCC(NC(=O)C2CCCC(S(=O)(=O)NC3CCC(Br)CC3)C2)CC1. The number of nitrogens with one attached hydrogen (secondary N) is 2. The van der Waals surface area contributed by atoms with Gasteiger partial charge in [0.1, 0.15) is 0 Å². The summed E-state index contributed by atoms with van der Waals surface area (Å²) in [5.41, 5.74) is 0. The standard InChI is InChI=1S/C20H35BrN2O3S/c1-14-5-9-17(10-6-14)22-20(24)15-3-2-4-19(13-15)27(25,26)23-18-11-7-16(21)8-12-18/h14-19,23H,2-13H2,1H3,(H,22,24). The second-order valence-corrected chi connectivity index (χ2v) is 12.4. The fourth-order valence-electron chi connectivity index (χ4n) is 4.89. The number of amides is 1. The Kier molecular flexibility index (Phi) is 7.65. The number of carbonyl (C=O) groups is 1. The number of sulfonamides is 1. The number of halogens is 1. The first-order chi connectivity index (χ1) is 12.8. The van der Waals surface area contributed by atoms with Gasteiger partial charge in [-0.15, -0.1) is 0 Å². The van der Waals surface area contributed by atoms with E-state index >= 15 is 0 Å². The Morgan fingerprint density at radius 2 is 1.52 bits per heavy atom. The molecule has 3 rings (SSSR count). The van der Waals surface area contributed by atoms with E-state index in [1.165, 1.54) is 12.8 Å². The highest BCUT2D eigenvalue weighted by Crippen LogP contribution is 2.31. The van der Waals surface area contributed by atoms with Gasteiger partial charge in [0.25, 0.3) is 0 Å². The largest absolute Gasteiger partial charge is 0.353 e. The zero-order valence-electron chi connectivity index (χ0n) is 16.5. The lowest BCUT2D eigenvalue weighted by atomic mass is 9.85. The molecule has 3 saturated carbocycles. The van der Waals surface area contributed by atoms with Crippen molar-refractivity contribution >= 4 is 31.9 Å². The third-order valence-corrected chi connectivity index (χ3v) is 9.67. The Morgan fingerprint density at radius 3 is 2.19 bits per heavy atom. The summed E-state index contributed by atoms with van der Waals surface area (Å²) < 4.78 is 28.7. The summed E-state index contributed by atoms with van der Waals surface area (Å²) in [5, 5.41) is 2.79. The van der Waals surface area contributed by atoms with E-state index in [4.69, 9.17) is 0 Å². The summed E-state index contributed by atoms with van der Waals surface area (Å²) in [7, 11) is -3.35. The first-order valence-electron chi connectivity index (χ1n) is 10.8. The molecule has 0 aromatic heterocycles. The Hall–Kier alpha value is -0.140. The topological polar surface area (TPSA) is 75.3 Å². The second kappa shape index (κ2) is 9.57. The van der Waals surface area contributed by atoms with Crippen molar-refractivity contribution in [3.8, 4) is 0 Å². The molecule has 5 nitrogen and oxygen atoms in total. The number of hydrogen-bond donors (Lipinski definition) is 2. The molecule has 3 aliphatic rings. The van der Waals surface area contributed by atoms with Crippen molar-refractivity contribution < 1.29 is 13.2 Å². The van der Waals surface area contributed by atoms with Gasteiger partial charge in [-0.05, 0) is 76.5 Å². The van der Waals surface area contributed by atoms with Crippen molar-refractivity contribution in [1.29, 1.82) is 0 Å². The Morgan fingerprint density at radius 1 is 0.889 bits per heavy atom. The second-order valence-electron chi connectivity index (χ2n) is 9.06. The molecule has 0 bridgehead atoms. The fraction of sp³-hybridized carbons (Fsp3) is 0.950. The molecule has 0 aromatic rings. The van der Waals surface area contributed by atoms with Crippen LogP contribution < -0.4 is 10.0 Å². The number of carbonyl (C=O) groups excluding carboxylic acids is 1. The van der Waals surface area contributed by atoms with E-state index < -0.39 is 15.3 Å². The highest BCUT2D eigenvalue weighted by Gasteiger charge is 2.37. The molecule has 0 aliphatic heterocycles. The van der Waals surface area contributed by atoms with Gasteiger partial charge in [-0.3, -0.25) is 4.79 Å². The number of hydrogen-bond acceptors (Lipinski definition) is 3. The highest BCUT2D eigenvalue weighted by atomic mass is 79.9. The first-order valence-corrected chi connectivity index (χ1v) is 13.2. The summed E-state index contributed by atoms with van der Waals surface area (Å²) in [6.07, 6.45) is 11.1. The van der Waals surface area contributed by atoms with E-state index in [9.17, 15) is 13.2 Å². The number of rotatable bonds is 5. The maximum absolute atomic E-state index is 12.9. The van der Waals surface area contributed by atoms with Gasteiger partial charge in [-0.2, -0.15) is 0 Å². The van der Waals surface area contributed by atoms with E-state index in [1.807, 2.05) is 0 Å². The van der Waals surface area contributed by atoms with Gasteiger partial charge in [0, 0.05) is 22.8 Å². The van der Waals surface area contributed by atoms with Crippen LogP contribution >= 0.6 is 15.9 Å². The van der Waals surface area contributed by atoms with Gasteiger partial charge < -0.3 is 5.32 Å². The third kappa shape index (κ3) is 6.17. The summed E-state index contributed by atoms with van der Waals surface area (Å²) in [6.45, 7) is 2.27. The van der Waals surface area contributed by atoms with Crippen LogP contribution in [0, 0.1) is 11.8 Å². The van der Waals surface area contributed by atoms with Crippen molar-refractivity contribution in [1.82, 2.24) is 10.0 Å². The molecule has 3 aliphatic carbocycles. The Balaban J connectivity index is 1.51. The molecule has 3 fully saturated rings. The van der Waals surface area contributed by atoms with Gasteiger partial charge >= 0.3 is 0 Å². The van der Waals surface area contributed by atoms with Crippen LogP contribution in [-0.2, 0) is 14.8 Å². The normalized spacial score (nSPS) is 38.3. The maximum Gasteiger partial charge on any atom is 0.223 e. The smallest absolute Gasteiger partial charge is 0.223 e. The van der Waals surface area contributed by atoms with Crippen LogP contribution in [-0.4, -0.2) is 36.5 Å². The summed E-state index contributed by atoms with van der Waals surface area (Å²) in [4.78, 5) is 13.2. The zero-order chi connectivity index (χ0) is 19.4. The molecule has 27 heavy (non-hydrogen) atoms. The van der Waals surface area contributed by atoms with Gasteiger partial charge in [0.15, 0.2) is 0 Å². The van der Waals surface area contributed by atoms with Crippen molar-refractivity contribution in [2.75, 3.05) is 0 Å². The third-order valence-electron chi connectivity index (χ3n) is 6.79. The molecule has 0 spiro atoms. The molecular weight excluding hydrogens is 428 g/mol. The molecule has 0 radical (unpaired) electrons. The van der Waals surface area contributed by atoms with E-state index in [-0.39, 0.29) is 23.9 Å². The van der Waals surface area contributed by atoms with Crippen LogP contribution in [0.4, 0.5) is 0 Å². The van der Waals surface area contributed by atoms with Crippen LogP contribution in [0.15, 0.2) is 0 Å². The van der Waals surface area contributed by atoms with Crippen LogP contribution in [0.1, 0.15) is 84.0 Å². The van der Waals surface area contributed by atoms with Crippen molar-refractivity contribution in [2.45, 2.75) is 106 Å². The molecule has 7 heteroatoms.